The number of urea groups is 1. The molecule has 2 rings (SSSR count). The Bertz CT molecular complexity index is 458. The summed E-state index contributed by atoms with van der Waals surface area (Å²) in [7, 11) is 0. The van der Waals surface area contributed by atoms with E-state index in [4.69, 9.17) is 0 Å². The van der Waals surface area contributed by atoms with Gasteiger partial charge >= 0.3 is 12.2 Å². The summed E-state index contributed by atoms with van der Waals surface area (Å²) >= 11 is 0. The molecule has 1 heterocycles. The maximum absolute atomic E-state index is 13.0. The SMILES string of the molecule is O=C1NC[C@@H](c2cc(F)ccc2C(F)(F)F)N1. The first kappa shape index (κ1) is 11.7. The van der Waals surface area contributed by atoms with E-state index >= 15 is 0 Å². The van der Waals surface area contributed by atoms with Gasteiger partial charge in [0.1, 0.15) is 5.82 Å². The van der Waals surface area contributed by atoms with Crippen LogP contribution in [0.4, 0.5) is 22.4 Å². The number of carbonyl (C=O) groups is 1. The summed E-state index contributed by atoms with van der Waals surface area (Å²) in [5.74, 6) is -0.769. The molecule has 7 heteroatoms. The number of halogens is 4. The fraction of sp³-hybridized carbons (Fsp3) is 0.300. The minimum atomic E-state index is -4.57. The molecule has 92 valence electrons. The Morgan fingerprint density at radius 1 is 1.29 bits per heavy atom. The van der Waals surface area contributed by atoms with Gasteiger partial charge in [0.25, 0.3) is 0 Å². The van der Waals surface area contributed by atoms with Crippen LogP contribution in [0.15, 0.2) is 18.2 Å². The minimum absolute atomic E-state index is 0.00532. The Balaban J connectivity index is 2.44. The third-order valence-electron chi connectivity index (χ3n) is 2.47. The summed E-state index contributed by atoms with van der Waals surface area (Å²) in [6.07, 6.45) is -4.57. The van der Waals surface area contributed by atoms with Crippen molar-refractivity contribution in [3.8, 4) is 0 Å². The third kappa shape index (κ3) is 2.32. The van der Waals surface area contributed by atoms with E-state index in [9.17, 15) is 22.4 Å². The van der Waals surface area contributed by atoms with Crippen molar-refractivity contribution in [1.82, 2.24) is 10.6 Å². The van der Waals surface area contributed by atoms with Gasteiger partial charge in [-0.15, -0.1) is 0 Å². The highest BCUT2D eigenvalue weighted by molar-refractivity contribution is 5.77. The lowest BCUT2D eigenvalue weighted by Gasteiger charge is -2.16. The fourth-order valence-electron chi connectivity index (χ4n) is 1.72. The van der Waals surface area contributed by atoms with Gasteiger partial charge in [-0.3, -0.25) is 0 Å². The Morgan fingerprint density at radius 2 is 2.00 bits per heavy atom. The van der Waals surface area contributed by atoms with Crippen LogP contribution >= 0.6 is 0 Å². The molecule has 0 spiro atoms. The van der Waals surface area contributed by atoms with Crippen molar-refractivity contribution >= 4 is 6.03 Å². The lowest BCUT2D eigenvalue weighted by atomic mass is 10.0. The average Bonchev–Trinajstić information content (AvgIpc) is 2.62. The first-order valence-corrected chi connectivity index (χ1v) is 4.79. The van der Waals surface area contributed by atoms with Crippen LogP contribution in [0.25, 0.3) is 0 Å². The molecule has 0 saturated carbocycles. The highest BCUT2D eigenvalue weighted by Crippen LogP contribution is 2.35. The van der Waals surface area contributed by atoms with Gasteiger partial charge in [-0.1, -0.05) is 0 Å². The number of alkyl halides is 3. The fourth-order valence-corrected chi connectivity index (χ4v) is 1.72. The number of hydrogen-bond donors (Lipinski definition) is 2. The van der Waals surface area contributed by atoms with Gasteiger partial charge in [0.05, 0.1) is 11.6 Å². The third-order valence-corrected chi connectivity index (χ3v) is 2.47. The Morgan fingerprint density at radius 3 is 2.53 bits per heavy atom. The summed E-state index contributed by atoms with van der Waals surface area (Å²) in [5, 5.41) is 4.62. The molecule has 17 heavy (non-hydrogen) atoms. The van der Waals surface area contributed by atoms with E-state index in [1.807, 2.05) is 0 Å². The molecule has 3 nitrogen and oxygen atoms in total. The molecule has 0 unspecified atom stereocenters. The van der Waals surface area contributed by atoms with E-state index in [0.717, 1.165) is 12.1 Å². The van der Waals surface area contributed by atoms with Gasteiger partial charge < -0.3 is 10.6 Å². The first-order chi connectivity index (χ1) is 7.88. The number of amides is 2. The van der Waals surface area contributed by atoms with E-state index in [1.54, 1.807) is 0 Å². The molecule has 2 N–H and O–H groups in total. The molecule has 0 aliphatic carbocycles. The lowest BCUT2D eigenvalue weighted by molar-refractivity contribution is -0.138. The van der Waals surface area contributed by atoms with Crippen molar-refractivity contribution in [3.63, 3.8) is 0 Å². The van der Waals surface area contributed by atoms with E-state index in [2.05, 4.69) is 10.6 Å². The van der Waals surface area contributed by atoms with Crippen molar-refractivity contribution in [1.29, 1.82) is 0 Å². The van der Waals surface area contributed by atoms with Crippen molar-refractivity contribution in [2.24, 2.45) is 0 Å². The largest absolute Gasteiger partial charge is 0.416 e. The summed E-state index contributed by atoms with van der Waals surface area (Å²) in [5.41, 5.74) is -1.20. The topological polar surface area (TPSA) is 41.1 Å². The second-order valence-electron chi connectivity index (χ2n) is 3.64. The molecule has 0 aromatic heterocycles. The molecule has 1 aliphatic rings. The highest BCUT2D eigenvalue weighted by atomic mass is 19.4. The normalized spacial score (nSPS) is 20.0. The molecule has 0 bridgehead atoms. The van der Waals surface area contributed by atoms with Crippen LogP contribution in [0.5, 0.6) is 0 Å². The predicted octanol–water partition coefficient (Wildman–Crippen LogP) is 2.20. The molecule has 1 aromatic rings. The average molecular weight is 248 g/mol. The number of rotatable bonds is 1. The first-order valence-electron chi connectivity index (χ1n) is 4.79. The van der Waals surface area contributed by atoms with E-state index < -0.39 is 29.6 Å². The monoisotopic (exact) mass is 248 g/mol. The molecule has 1 atom stereocenters. The van der Waals surface area contributed by atoms with E-state index in [0.29, 0.717) is 6.07 Å². The van der Waals surface area contributed by atoms with Crippen LogP contribution in [-0.2, 0) is 6.18 Å². The van der Waals surface area contributed by atoms with Gasteiger partial charge in [-0.05, 0) is 23.8 Å². The maximum Gasteiger partial charge on any atom is 0.416 e. The minimum Gasteiger partial charge on any atom is -0.336 e. The van der Waals surface area contributed by atoms with Crippen LogP contribution in [0, 0.1) is 5.82 Å². The molecule has 2 amide bonds. The standard InChI is InChI=1S/C10H8F4N2O/c11-5-1-2-7(10(12,13)14)6(3-5)8-4-15-9(17)16-8/h1-3,8H,4H2,(H2,15,16,17)/t8-/m0/s1. The Labute approximate surface area is 93.8 Å². The van der Waals surface area contributed by atoms with Gasteiger partial charge in [0.15, 0.2) is 0 Å². The summed E-state index contributed by atoms with van der Waals surface area (Å²) in [4.78, 5) is 10.9. The molecule has 1 fully saturated rings. The molecule has 1 aromatic carbocycles. The van der Waals surface area contributed by atoms with Crippen LogP contribution in [0.1, 0.15) is 17.2 Å². The van der Waals surface area contributed by atoms with Crippen molar-refractivity contribution in [2.45, 2.75) is 12.2 Å². The molecular formula is C10H8F4N2O. The summed E-state index contributed by atoms with van der Waals surface area (Å²) in [6, 6.07) is 0.786. The number of carbonyl (C=O) groups excluding carboxylic acids is 1. The predicted molar refractivity (Wildman–Crippen MR) is 50.7 cm³/mol. The highest BCUT2D eigenvalue weighted by Gasteiger charge is 2.37. The molecular weight excluding hydrogens is 240 g/mol. The van der Waals surface area contributed by atoms with Gasteiger partial charge in [-0.25, -0.2) is 9.18 Å². The molecule has 1 aliphatic heterocycles. The van der Waals surface area contributed by atoms with Crippen molar-refractivity contribution < 1.29 is 22.4 Å². The van der Waals surface area contributed by atoms with Crippen molar-refractivity contribution in [2.75, 3.05) is 6.54 Å². The molecule has 0 radical (unpaired) electrons. The van der Waals surface area contributed by atoms with Gasteiger partial charge in [0.2, 0.25) is 0 Å². The number of benzene rings is 1. The Kier molecular flexibility index (Phi) is 2.68. The van der Waals surface area contributed by atoms with Crippen molar-refractivity contribution in [3.05, 3.63) is 35.1 Å². The second-order valence-corrected chi connectivity index (χ2v) is 3.64. The van der Waals surface area contributed by atoms with E-state index in [-0.39, 0.29) is 12.1 Å². The van der Waals surface area contributed by atoms with E-state index in [1.165, 1.54) is 0 Å². The number of hydrogen-bond acceptors (Lipinski definition) is 1. The van der Waals surface area contributed by atoms with Gasteiger partial charge in [-0.2, -0.15) is 13.2 Å². The summed E-state index contributed by atoms with van der Waals surface area (Å²) in [6.45, 7) is 0.00532. The zero-order chi connectivity index (χ0) is 12.6. The van der Waals surface area contributed by atoms with Crippen LogP contribution in [0.3, 0.4) is 0 Å². The quantitative estimate of drug-likeness (QED) is 0.735. The maximum atomic E-state index is 13.0. The number of nitrogens with one attached hydrogen (secondary N) is 2. The second kappa shape index (κ2) is 3.90. The van der Waals surface area contributed by atoms with Gasteiger partial charge in [0, 0.05) is 6.54 Å². The van der Waals surface area contributed by atoms with Crippen LogP contribution in [-0.4, -0.2) is 12.6 Å². The smallest absolute Gasteiger partial charge is 0.336 e. The van der Waals surface area contributed by atoms with Crippen LogP contribution < -0.4 is 10.6 Å². The zero-order valence-corrected chi connectivity index (χ0v) is 8.44. The Hall–Kier alpha value is -1.79. The zero-order valence-electron chi connectivity index (χ0n) is 8.44. The lowest BCUT2D eigenvalue weighted by Crippen LogP contribution is -2.23. The van der Waals surface area contributed by atoms with Crippen LogP contribution in [0.2, 0.25) is 0 Å². The molecule has 1 saturated heterocycles. The summed E-state index contributed by atoms with van der Waals surface area (Å²) < 4.78 is 51.0.